The number of nitrogens with two attached hydrogens (primary N) is 1. The Bertz CT molecular complexity index is 738. The minimum Gasteiger partial charge on any atom is -0.397 e. The first-order valence-electron chi connectivity index (χ1n) is 9.29. The predicted octanol–water partition coefficient (Wildman–Crippen LogP) is 3.10. The molecule has 2 fully saturated rings. The average Bonchev–Trinajstić information content (AvgIpc) is 3.34. The number of nitrogens with one attached hydrogen (secondary N) is 1. The van der Waals surface area contributed by atoms with Gasteiger partial charge in [-0.3, -0.25) is 9.67 Å². The highest BCUT2D eigenvalue weighted by atomic mass is 15.3. The molecule has 2 aromatic rings. The molecule has 1 aliphatic carbocycles. The van der Waals surface area contributed by atoms with Crippen LogP contribution in [0.15, 0.2) is 24.7 Å². The standard InChI is InChI=1S/C19H26N6/c20-10-19-18(21)9-14(11-22-19)15-12-23-25(13-15)17-5-7-24(8-6-17)16-3-1-2-4-16/h9-13,16-17,20H,1-8,21H2. The summed E-state index contributed by atoms with van der Waals surface area (Å²) < 4.78 is 2.11. The van der Waals surface area contributed by atoms with Crippen LogP contribution in [0, 0.1) is 5.41 Å². The molecule has 3 heterocycles. The third-order valence-electron chi connectivity index (χ3n) is 5.74. The van der Waals surface area contributed by atoms with Gasteiger partial charge in [-0.15, -0.1) is 0 Å². The first-order valence-corrected chi connectivity index (χ1v) is 9.29. The fourth-order valence-corrected chi connectivity index (χ4v) is 4.24. The molecule has 0 spiro atoms. The summed E-state index contributed by atoms with van der Waals surface area (Å²) in [5.74, 6) is 0. The number of likely N-dealkylation sites (tertiary alicyclic amines) is 1. The number of nitrogen functional groups attached to an aromatic ring is 1. The first kappa shape index (κ1) is 16.3. The van der Waals surface area contributed by atoms with Crippen molar-refractivity contribution in [3.05, 3.63) is 30.4 Å². The van der Waals surface area contributed by atoms with Crippen LogP contribution in [0.25, 0.3) is 11.1 Å². The molecule has 1 saturated carbocycles. The molecule has 0 radical (unpaired) electrons. The van der Waals surface area contributed by atoms with Gasteiger partial charge in [-0.05, 0) is 31.7 Å². The number of rotatable bonds is 4. The van der Waals surface area contributed by atoms with Crippen LogP contribution in [-0.4, -0.2) is 45.0 Å². The van der Waals surface area contributed by atoms with Crippen molar-refractivity contribution in [3.8, 4) is 11.1 Å². The smallest absolute Gasteiger partial charge is 0.103 e. The number of pyridine rings is 1. The summed E-state index contributed by atoms with van der Waals surface area (Å²) >= 11 is 0. The number of hydrogen-bond acceptors (Lipinski definition) is 5. The van der Waals surface area contributed by atoms with Crippen LogP contribution in [0.2, 0.25) is 0 Å². The molecule has 0 unspecified atom stereocenters. The van der Waals surface area contributed by atoms with Crippen LogP contribution < -0.4 is 5.73 Å². The third kappa shape index (κ3) is 3.31. The Morgan fingerprint density at radius 3 is 2.48 bits per heavy atom. The van der Waals surface area contributed by atoms with Gasteiger partial charge < -0.3 is 16.0 Å². The Morgan fingerprint density at radius 1 is 1.04 bits per heavy atom. The zero-order valence-corrected chi connectivity index (χ0v) is 14.6. The Kier molecular flexibility index (Phi) is 4.53. The van der Waals surface area contributed by atoms with E-state index in [1.165, 1.54) is 57.8 Å². The SMILES string of the molecule is N=Cc1ncc(-c2cnn(C3CCN(C4CCCC4)CC3)c2)cc1N. The second-order valence-corrected chi connectivity index (χ2v) is 7.26. The second kappa shape index (κ2) is 6.96. The summed E-state index contributed by atoms with van der Waals surface area (Å²) in [4.78, 5) is 6.93. The number of nitrogens with zero attached hydrogens (tertiary/aromatic N) is 4. The van der Waals surface area contributed by atoms with Crippen molar-refractivity contribution in [1.29, 1.82) is 5.41 Å². The van der Waals surface area contributed by atoms with E-state index in [-0.39, 0.29) is 0 Å². The zero-order valence-electron chi connectivity index (χ0n) is 14.6. The van der Waals surface area contributed by atoms with Crippen molar-refractivity contribution in [2.75, 3.05) is 18.8 Å². The lowest BCUT2D eigenvalue weighted by Crippen LogP contribution is -2.40. The van der Waals surface area contributed by atoms with Gasteiger partial charge in [-0.2, -0.15) is 5.10 Å². The topological polar surface area (TPSA) is 83.8 Å². The molecular formula is C19H26N6. The number of anilines is 1. The van der Waals surface area contributed by atoms with Gasteiger partial charge >= 0.3 is 0 Å². The molecule has 6 nitrogen and oxygen atoms in total. The largest absolute Gasteiger partial charge is 0.397 e. The van der Waals surface area contributed by atoms with E-state index in [1.807, 2.05) is 12.3 Å². The van der Waals surface area contributed by atoms with E-state index >= 15 is 0 Å². The molecule has 25 heavy (non-hydrogen) atoms. The van der Waals surface area contributed by atoms with Gasteiger partial charge in [0, 0.05) is 48.9 Å². The van der Waals surface area contributed by atoms with E-state index in [4.69, 9.17) is 11.1 Å². The quantitative estimate of drug-likeness (QED) is 0.839. The van der Waals surface area contributed by atoms with Crippen LogP contribution in [0.4, 0.5) is 5.69 Å². The van der Waals surface area contributed by atoms with Crippen molar-refractivity contribution >= 4 is 11.9 Å². The molecule has 0 aromatic carbocycles. The maximum absolute atomic E-state index is 7.29. The molecule has 1 aliphatic heterocycles. The molecule has 2 aromatic heterocycles. The summed E-state index contributed by atoms with van der Waals surface area (Å²) in [6.07, 6.45) is 14.9. The molecule has 1 saturated heterocycles. The van der Waals surface area contributed by atoms with Gasteiger partial charge in [0.2, 0.25) is 0 Å². The Hall–Kier alpha value is -2.21. The van der Waals surface area contributed by atoms with Crippen LogP contribution in [0.3, 0.4) is 0 Å². The van der Waals surface area contributed by atoms with Crippen molar-refractivity contribution in [3.63, 3.8) is 0 Å². The highest BCUT2D eigenvalue weighted by Crippen LogP contribution is 2.30. The minimum atomic E-state index is 0.484. The van der Waals surface area contributed by atoms with Gasteiger partial charge in [0.25, 0.3) is 0 Å². The Morgan fingerprint density at radius 2 is 1.80 bits per heavy atom. The monoisotopic (exact) mass is 338 g/mol. The van der Waals surface area contributed by atoms with Gasteiger partial charge in [-0.1, -0.05) is 12.8 Å². The molecular weight excluding hydrogens is 312 g/mol. The Labute approximate surface area is 148 Å². The first-order chi connectivity index (χ1) is 12.2. The second-order valence-electron chi connectivity index (χ2n) is 7.26. The molecule has 0 atom stereocenters. The van der Waals surface area contributed by atoms with Gasteiger partial charge in [0.1, 0.15) is 5.69 Å². The van der Waals surface area contributed by atoms with E-state index in [2.05, 4.69) is 25.9 Å². The molecule has 6 heteroatoms. The fraction of sp³-hybridized carbons (Fsp3) is 0.526. The molecule has 2 aliphatic rings. The van der Waals surface area contributed by atoms with Crippen molar-refractivity contribution in [2.45, 2.75) is 50.6 Å². The van der Waals surface area contributed by atoms with E-state index in [1.54, 1.807) is 6.20 Å². The van der Waals surface area contributed by atoms with E-state index in [0.29, 0.717) is 17.4 Å². The molecule has 3 N–H and O–H groups in total. The minimum absolute atomic E-state index is 0.484. The number of piperidine rings is 1. The third-order valence-corrected chi connectivity index (χ3v) is 5.74. The van der Waals surface area contributed by atoms with Gasteiger partial charge in [0.15, 0.2) is 0 Å². The highest BCUT2D eigenvalue weighted by Gasteiger charge is 2.28. The van der Waals surface area contributed by atoms with Crippen molar-refractivity contribution < 1.29 is 0 Å². The highest BCUT2D eigenvalue weighted by molar-refractivity contribution is 5.83. The molecule has 0 bridgehead atoms. The maximum atomic E-state index is 7.29. The molecule has 4 rings (SSSR count). The predicted molar refractivity (Wildman–Crippen MR) is 99.9 cm³/mol. The normalized spacial score (nSPS) is 20.2. The average molecular weight is 338 g/mol. The van der Waals surface area contributed by atoms with E-state index in [0.717, 1.165) is 17.2 Å². The van der Waals surface area contributed by atoms with E-state index < -0.39 is 0 Å². The lowest BCUT2D eigenvalue weighted by molar-refractivity contribution is 0.132. The summed E-state index contributed by atoms with van der Waals surface area (Å²) in [6, 6.07) is 3.19. The number of hydrogen-bond donors (Lipinski definition) is 2. The summed E-state index contributed by atoms with van der Waals surface area (Å²) in [5.41, 5.74) is 8.98. The lowest BCUT2D eigenvalue weighted by Gasteiger charge is -2.36. The van der Waals surface area contributed by atoms with Gasteiger partial charge in [0.05, 0.1) is 17.9 Å². The Balaban J connectivity index is 1.43. The number of aromatic nitrogens is 3. The van der Waals surface area contributed by atoms with Crippen LogP contribution in [0.5, 0.6) is 0 Å². The summed E-state index contributed by atoms with van der Waals surface area (Å²) in [6.45, 7) is 2.38. The zero-order chi connectivity index (χ0) is 17.2. The lowest BCUT2D eigenvalue weighted by atomic mass is 10.0. The van der Waals surface area contributed by atoms with E-state index in [9.17, 15) is 0 Å². The summed E-state index contributed by atoms with van der Waals surface area (Å²) in [7, 11) is 0. The van der Waals surface area contributed by atoms with Crippen LogP contribution in [-0.2, 0) is 0 Å². The fourth-order valence-electron chi connectivity index (χ4n) is 4.24. The van der Waals surface area contributed by atoms with Crippen molar-refractivity contribution in [2.24, 2.45) is 0 Å². The van der Waals surface area contributed by atoms with Gasteiger partial charge in [-0.25, -0.2) is 0 Å². The van der Waals surface area contributed by atoms with Crippen molar-refractivity contribution in [1.82, 2.24) is 19.7 Å². The molecule has 0 amide bonds. The van der Waals surface area contributed by atoms with Crippen LogP contribution in [0.1, 0.15) is 50.3 Å². The maximum Gasteiger partial charge on any atom is 0.103 e. The summed E-state index contributed by atoms with van der Waals surface area (Å²) in [5, 5.41) is 11.9. The molecule has 132 valence electrons. The van der Waals surface area contributed by atoms with Crippen LogP contribution >= 0.6 is 0 Å².